The van der Waals surface area contributed by atoms with Crippen LogP contribution in [-0.4, -0.2) is 56.5 Å². The zero-order valence-corrected chi connectivity index (χ0v) is 20.1. The maximum Gasteiger partial charge on any atom is 0.269 e. The van der Waals surface area contributed by atoms with Crippen molar-refractivity contribution in [2.45, 2.75) is 37.2 Å². The number of azide groups is 1. The Balaban J connectivity index is 2.43. The smallest absolute Gasteiger partial charge is 0.269 e. The van der Waals surface area contributed by atoms with E-state index in [-0.39, 0.29) is 29.6 Å². The second kappa shape index (κ2) is 12.2. The van der Waals surface area contributed by atoms with E-state index >= 15 is 0 Å². The van der Waals surface area contributed by atoms with Gasteiger partial charge < -0.3 is 5.32 Å². The third-order valence-electron chi connectivity index (χ3n) is 5.00. The van der Waals surface area contributed by atoms with Gasteiger partial charge in [-0.05, 0) is 35.6 Å². The lowest BCUT2D eigenvalue weighted by Gasteiger charge is -2.31. The SMILES string of the molecule is BC(=O)N[C@H](CN(CC(C)C)S(=O)(=O)c1ccc([N+](=O)[O-])cc1)[C@H](Cc1ccccc1)N=[N+]=[N-]. The number of hydrogen-bond acceptors (Lipinski definition) is 6. The van der Waals surface area contributed by atoms with Crippen LogP contribution in [0.3, 0.4) is 0 Å². The van der Waals surface area contributed by atoms with Crippen molar-refractivity contribution in [3.8, 4) is 0 Å². The molecule has 0 bridgehead atoms. The molecule has 0 radical (unpaired) electrons. The number of carbonyl (C=O) groups is 1. The van der Waals surface area contributed by atoms with Gasteiger partial charge in [-0.15, -0.1) is 0 Å². The summed E-state index contributed by atoms with van der Waals surface area (Å²) in [5.41, 5.74) is 9.78. The summed E-state index contributed by atoms with van der Waals surface area (Å²) in [6.07, 6.45) is 0.295. The van der Waals surface area contributed by atoms with E-state index in [1.165, 1.54) is 24.3 Å². The lowest BCUT2D eigenvalue weighted by atomic mass is 9.98. The van der Waals surface area contributed by atoms with Gasteiger partial charge in [0.15, 0.2) is 5.81 Å². The molecule has 0 aromatic heterocycles. The van der Waals surface area contributed by atoms with Gasteiger partial charge in [-0.25, -0.2) is 8.42 Å². The van der Waals surface area contributed by atoms with Crippen LogP contribution in [0, 0.1) is 16.0 Å². The summed E-state index contributed by atoms with van der Waals surface area (Å²) in [4.78, 5) is 25.1. The Bertz CT molecular complexity index is 1140. The third-order valence-corrected chi connectivity index (χ3v) is 6.84. The van der Waals surface area contributed by atoms with Gasteiger partial charge in [-0.2, -0.15) is 4.31 Å². The lowest BCUT2D eigenvalue weighted by molar-refractivity contribution is -0.384. The van der Waals surface area contributed by atoms with Gasteiger partial charge in [0.25, 0.3) is 5.69 Å². The molecule has 2 aromatic carbocycles. The fraction of sp³-hybridized carbons (Fsp3) is 0.381. The average molecular weight is 486 g/mol. The minimum absolute atomic E-state index is 0.0576. The summed E-state index contributed by atoms with van der Waals surface area (Å²) in [6.45, 7) is 3.68. The van der Waals surface area contributed by atoms with Crippen molar-refractivity contribution in [2.24, 2.45) is 11.0 Å². The normalized spacial score (nSPS) is 13.2. The van der Waals surface area contributed by atoms with E-state index < -0.39 is 32.8 Å². The monoisotopic (exact) mass is 486 g/mol. The molecule has 1 amide bonds. The van der Waals surface area contributed by atoms with Crippen molar-refractivity contribution >= 4 is 29.4 Å². The second-order valence-corrected chi connectivity index (χ2v) is 10.2. The van der Waals surface area contributed by atoms with Crippen LogP contribution in [0.25, 0.3) is 10.4 Å². The van der Waals surface area contributed by atoms with Gasteiger partial charge >= 0.3 is 0 Å². The Kier molecular flexibility index (Phi) is 9.61. The highest BCUT2D eigenvalue weighted by molar-refractivity contribution is 7.89. The Hall–Kier alpha value is -3.41. The van der Waals surface area contributed by atoms with E-state index in [4.69, 9.17) is 5.53 Å². The van der Waals surface area contributed by atoms with Crippen LogP contribution in [0.5, 0.6) is 0 Å². The van der Waals surface area contributed by atoms with Crippen LogP contribution in [0.15, 0.2) is 64.6 Å². The summed E-state index contributed by atoms with van der Waals surface area (Å²) in [5, 5.41) is 17.5. The van der Waals surface area contributed by atoms with E-state index in [9.17, 15) is 23.3 Å². The zero-order chi connectivity index (χ0) is 25.3. The lowest BCUT2D eigenvalue weighted by Crippen LogP contribution is -2.52. The van der Waals surface area contributed by atoms with E-state index in [2.05, 4.69) is 15.3 Å². The number of sulfonamides is 1. The minimum Gasteiger partial charge on any atom is -0.361 e. The van der Waals surface area contributed by atoms with Crippen molar-refractivity contribution in [1.82, 2.24) is 9.62 Å². The molecule has 34 heavy (non-hydrogen) atoms. The first-order valence-corrected chi connectivity index (χ1v) is 12.1. The van der Waals surface area contributed by atoms with Crippen LogP contribution in [0.2, 0.25) is 0 Å². The second-order valence-electron chi connectivity index (χ2n) is 8.24. The van der Waals surface area contributed by atoms with Crippen molar-refractivity contribution in [3.05, 3.63) is 80.7 Å². The molecule has 0 heterocycles. The third kappa shape index (κ3) is 7.58. The summed E-state index contributed by atoms with van der Waals surface area (Å²) in [6, 6.07) is 12.3. The summed E-state index contributed by atoms with van der Waals surface area (Å²) in [5.74, 6) is -0.453. The Labute approximate surface area is 199 Å². The van der Waals surface area contributed by atoms with Crippen LogP contribution in [0.4, 0.5) is 10.5 Å². The predicted molar refractivity (Wildman–Crippen MR) is 131 cm³/mol. The van der Waals surface area contributed by atoms with Crippen LogP contribution in [-0.2, 0) is 16.4 Å². The van der Waals surface area contributed by atoms with Gasteiger partial charge in [0, 0.05) is 30.1 Å². The van der Waals surface area contributed by atoms with Crippen LogP contribution in [0.1, 0.15) is 19.4 Å². The number of nitro groups is 1. The molecule has 0 aliphatic carbocycles. The van der Waals surface area contributed by atoms with Gasteiger partial charge in [-0.1, -0.05) is 49.3 Å². The Morgan fingerprint density at radius 1 is 1.18 bits per heavy atom. The average Bonchev–Trinajstić information content (AvgIpc) is 2.78. The first-order valence-electron chi connectivity index (χ1n) is 10.6. The number of non-ortho nitro benzene ring substituents is 1. The molecule has 0 saturated carbocycles. The molecule has 0 aliphatic rings. The van der Waals surface area contributed by atoms with Crippen molar-refractivity contribution in [3.63, 3.8) is 0 Å². The molecule has 13 heteroatoms. The number of rotatable bonds is 12. The maximum atomic E-state index is 13.4. The number of hydrogen-bond donors (Lipinski definition) is 1. The van der Waals surface area contributed by atoms with Crippen molar-refractivity contribution in [2.75, 3.05) is 13.1 Å². The number of carbonyl (C=O) groups excluding carboxylic acids is 1. The minimum atomic E-state index is -4.07. The molecular weight excluding hydrogens is 459 g/mol. The molecule has 0 unspecified atom stereocenters. The van der Waals surface area contributed by atoms with Crippen LogP contribution >= 0.6 is 0 Å². The fourth-order valence-electron chi connectivity index (χ4n) is 3.50. The van der Waals surface area contributed by atoms with Gasteiger partial charge in [0.2, 0.25) is 17.9 Å². The number of nitrogens with one attached hydrogen (secondary N) is 1. The summed E-state index contributed by atoms with van der Waals surface area (Å²) >= 11 is 0. The highest BCUT2D eigenvalue weighted by atomic mass is 32.2. The van der Waals surface area contributed by atoms with E-state index in [0.29, 0.717) is 6.42 Å². The van der Waals surface area contributed by atoms with Crippen LogP contribution < -0.4 is 5.32 Å². The number of nitro benzene ring substituents is 1. The topological polar surface area (TPSA) is 158 Å². The quantitative estimate of drug-likeness (QED) is 0.122. The summed E-state index contributed by atoms with van der Waals surface area (Å²) in [7, 11) is -2.76. The molecule has 0 aliphatic heterocycles. The van der Waals surface area contributed by atoms with Gasteiger partial charge in [0.1, 0.15) is 0 Å². The van der Waals surface area contributed by atoms with E-state index in [1.54, 1.807) is 0 Å². The van der Waals surface area contributed by atoms with E-state index in [1.807, 2.05) is 44.2 Å². The van der Waals surface area contributed by atoms with Crippen molar-refractivity contribution < 1.29 is 18.1 Å². The number of benzene rings is 2. The van der Waals surface area contributed by atoms with Gasteiger partial charge in [-0.3, -0.25) is 14.9 Å². The highest BCUT2D eigenvalue weighted by Crippen LogP contribution is 2.22. The predicted octanol–water partition coefficient (Wildman–Crippen LogP) is 2.87. The first kappa shape index (κ1) is 26.8. The fourth-order valence-corrected chi connectivity index (χ4v) is 5.13. The first-order chi connectivity index (χ1) is 16.0. The number of amides is 1. The molecule has 2 atom stereocenters. The molecule has 2 aromatic rings. The molecule has 0 spiro atoms. The Morgan fingerprint density at radius 2 is 1.79 bits per heavy atom. The molecule has 180 valence electrons. The maximum absolute atomic E-state index is 13.4. The standard InChI is InChI=1S/C21H27BN6O5S/c1-15(2)13-27(34(32,33)18-10-8-17(9-11-18)28(30)31)14-20(24-21(22)29)19(25-26-23)12-16-6-4-3-5-7-16/h3-11,15,19-20H,12-14,22H2,1-2H3,(H,24,29)/t19-,20+/m0/s1. The zero-order valence-electron chi connectivity index (χ0n) is 19.2. The number of nitrogens with zero attached hydrogens (tertiary/aromatic N) is 5. The Morgan fingerprint density at radius 3 is 2.29 bits per heavy atom. The van der Waals surface area contributed by atoms with E-state index in [0.717, 1.165) is 17.7 Å². The molecule has 11 nitrogen and oxygen atoms in total. The van der Waals surface area contributed by atoms with Gasteiger partial charge in [0.05, 0.1) is 21.9 Å². The largest absolute Gasteiger partial charge is 0.361 e. The molecular formula is C21H27BN6O5S. The summed E-state index contributed by atoms with van der Waals surface area (Å²) < 4.78 is 28.1. The molecule has 1 N–H and O–H groups in total. The highest BCUT2D eigenvalue weighted by Gasteiger charge is 2.32. The molecule has 2 rings (SSSR count). The molecule has 0 saturated heterocycles. The molecule has 0 fully saturated rings. The van der Waals surface area contributed by atoms with Crippen molar-refractivity contribution in [1.29, 1.82) is 0 Å².